The molecule has 2 heterocycles. The lowest BCUT2D eigenvalue weighted by Crippen LogP contribution is -2.26. The molecule has 4 nitrogen and oxygen atoms in total. The number of amides is 1. The van der Waals surface area contributed by atoms with Crippen LogP contribution in [0.15, 0.2) is 18.5 Å². The van der Waals surface area contributed by atoms with Crippen molar-refractivity contribution < 1.29 is 4.79 Å². The second kappa shape index (κ2) is 5.77. The van der Waals surface area contributed by atoms with E-state index in [0.29, 0.717) is 18.9 Å². The molecule has 1 unspecified atom stereocenters. The summed E-state index contributed by atoms with van der Waals surface area (Å²) in [5.74, 6) is 0.645. The van der Waals surface area contributed by atoms with Crippen LogP contribution in [0.4, 0.5) is 0 Å². The maximum atomic E-state index is 11.7. The van der Waals surface area contributed by atoms with Crippen LogP contribution < -0.4 is 10.6 Å². The summed E-state index contributed by atoms with van der Waals surface area (Å²) in [6.07, 6.45) is 5.32. The molecule has 0 aromatic carbocycles. The lowest BCUT2D eigenvalue weighted by atomic mass is 10.0. The summed E-state index contributed by atoms with van der Waals surface area (Å²) in [5.41, 5.74) is 2.26. The third-order valence-corrected chi connectivity index (χ3v) is 3.26. The van der Waals surface area contributed by atoms with Crippen LogP contribution in [0.25, 0.3) is 0 Å². The molecule has 1 amide bonds. The summed E-state index contributed by atoms with van der Waals surface area (Å²) in [7, 11) is 0. The Balaban J connectivity index is 1.77. The molecular weight excluding hydrogens is 214 g/mol. The van der Waals surface area contributed by atoms with Gasteiger partial charge in [0.05, 0.1) is 0 Å². The Hall–Kier alpha value is -1.42. The predicted octanol–water partition coefficient (Wildman–Crippen LogP) is 1.01. The van der Waals surface area contributed by atoms with Crippen molar-refractivity contribution in [2.45, 2.75) is 26.3 Å². The van der Waals surface area contributed by atoms with Gasteiger partial charge in [-0.15, -0.1) is 0 Å². The fourth-order valence-corrected chi connectivity index (χ4v) is 2.10. The standard InChI is InChI=1S/C13H19N3O/c1-10-2-4-15-8-12(10)9-16-13(17)6-11-3-5-14-7-11/h2,4,8,11,14H,3,5-7,9H2,1H3,(H,16,17). The molecule has 1 aromatic heterocycles. The van der Waals surface area contributed by atoms with Crippen LogP contribution >= 0.6 is 0 Å². The lowest BCUT2D eigenvalue weighted by Gasteiger charge is -2.10. The van der Waals surface area contributed by atoms with E-state index in [9.17, 15) is 4.79 Å². The summed E-state index contributed by atoms with van der Waals surface area (Å²) in [4.78, 5) is 15.8. The first kappa shape index (κ1) is 12.0. The number of nitrogens with one attached hydrogen (secondary N) is 2. The molecule has 92 valence electrons. The van der Waals surface area contributed by atoms with Gasteiger partial charge in [-0.05, 0) is 49.5 Å². The summed E-state index contributed by atoms with van der Waals surface area (Å²) in [6, 6.07) is 1.96. The van der Waals surface area contributed by atoms with E-state index in [4.69, 9.17) is 0 Å². The molecule has 1 saturated heterocycles. The van der Waals surface area contributed by atoms with Gasteiger partial charge >= 0.3 is 0 Å². The Kier molecular flexibility index (Phi) is 4.09. The van der Waals surface area contributed by atoms with Crippen LogP contribution in [0.2, 0.25) is 0 Å². The molecule has 1 aliphatic rings. The van der Waals surface area contributed by atoms with Gasteiger partial charge in [0.15, 0.2) is 0 Å². The van der Waals surface area contributed by atoms with Crippen molar-refractivity contribution in [1.29, 1.82) is 0 Å². The number of rotatable bonds is 4. The van der Waals surface area contributed by atoms with E-state index in [1.54, 1.807) is 6.20 Å². The van der Waals surface area contributed by atoms with Crippen LogP contribution in [-0.4, -0.2) is 24.0 Å². The van der Waals surface area contributed by atoms with E-state index in [1.165, 1.54) is 5.56 Å². The number of carbonyl (C=O) groups excluding carboxylic acids is 1. The molecular formula is C13H19N3O. The molecule has 0 saturated carbocycles. The topological polar surface area (TPSA) is 54.0 Å². The number of nitrogens with zero attached hydrogens (tertiary/aromatic N) is 1. The predicted molar refractivity (Wildman–Crippen MR) is 66.4 cm³/mol. The molecule has 1 aliphatic heterocycles. The van der Waals surface area contributed by atoms with Crippen LogP contribution in [0, 0.1) is 12.8 Å². The number of aromatic nitrogens is 1. The summed E-state index contributed by atoms with van der Waals surface area (Å²) in [5, 5.41) is 6.23. The van der Waals surface area contributed by atoms with Gasteiger partial charge < -0.3 is 10.6 Å². The molecule has 1 fully saturated rings. The highest BCUT2D eigenvalue weighted by Crippen LogP contribution is 2.12. The number of hydrogen-bond donors (Lipinski definition) is 2. The summed E-state index contributed by atoms with van der Waals surface area (Å²) >= 11 is 0. The minimum Gasteiger partial charge on any atom is -0.352 e. The molecule has 2 rings (SSSR count). The zero-order valence-electron chi connectivity index (χ0n) is 10.2. The number of hydrogen-bond acceptors (Lipinski definition) is 3. The van der Waals surface area contributed by atoms with Gasteiger partial charge in [-0.2, -0.15) is 0 Å². The molecule has 0 aliphatic carbocycles. The van der Waals surface area contributed by atoms with Gasteiger partial charge in [-0.25, -0.2) is 0 Å². The fourth-order valence-electron chi connectivity index (χ4n) is 2.10. The van der Waals surface area contributed by atoms with Crippen LogP contribution in [-0.2, 0) is 11.3 Å². The highest BCUT2D eigenvalue weighted by atomic mass is 16.1. The molecule has 1 aromatic rings. The van der Waals surface area contributed by atoms with Crippen molar-refractivity contribution in [3.8, 4) is 0 Å². The Labute approximate surface area is 102 Å². The smallest absolute Gasteiger partial charge is 0.220 e. The largest absolute Gasteiger partial charge is 0.352 e. The second-order valence-corrected chi connectivity index (χ2v) is 4.64. The zero-order valence-corrected chi connectivity index (χ0v) is 10.2. The van der Waals surface area contributed by atoms with E-state index in [0.717, 1.165) is 25.1 Å². The highest BCUT2D eigenvalue weighted by Gasteiger charge is 2.17. The first-order valence-electron chi connectivity index (χ1n) is 6.12. The molecule has 0 radical (unpaired) electrons. The molecule has 0 spiro atoms. The normalized spacial score (nSPS) is 19.2. The second-order valence-electron chi connectivity index (χ2n) is 4.64. The van der Waals surface area contributed by atoms with E-state index in [-0.39, 0.29) is 5.91 Å². The van der Waals surface area contributed by atoms with E-state index >= 15 is 0 Å². The van der Waals surface area contributed by atoms with Gasteiger partial charge in [0.1, 0.15) is 0 Å². The maximum Gasteiger partial charge on any atom is 0.220 e. The Morgan fingerprint density at radius 2 is 2.53 bits per heavy atom. The first-order chi connectivity index (χ1) is 8.25. The molecule has 1 atom stereocenters. The maximum absolute atomic E-state index is 11.7. The molecule has 0 bridgehead atoms. The van der Waals surface area contributed by atoms with E-state index in [1.807, 2.05) is 19.2 Å². The monoisotopic (exact) mass is 233 g/mol. The molecule has 17 heavy (non-hydrogen) atoms. The Morgan fingerprint density at radius 3 is 3.24 bits per heavy atom. The van der Waals surface area contributed by atoms with Crippen molar-refractivity contribution in [3.05, 3.63) is 29.6 Å². The fraction of sp³-hybridized carbons (Fsp3) is 0.538. The van der Waals surface area contributed by atoms with Gasteiger partial charge in [-0.3, -0.25) is 9.78 Å². The SMILES string of the molecule is Cc1ccncc1CNC(=O)CC1CCNC1. The third-order valence-electron chi connectivity index (χ3n) is 3.26. The Bertz CT molecular complexity index is 386. The number of pyridine rings is 1. The summed E-state index contributed by atoms with van der Waals surface area (Å²) in [6.45, 7) is 4.63. The van der Waals surface area contributed by atoms with Gasteiger partial charge in [0, 0.05) is 25.4 Å². The van der Waals surface area contributed by atoms with Gasteiger partial charge in [0.25, 0.3) is 0 Å². The van der Waals surface area contributed by atoms with Crippen LogP contribution in [0.1, 0.15) is 24.0 Å². The highest BCUT2D eigenvalue weighted by molar-refractivity contribution is 5.76. The number of carbonyl (C=O) groups is 1. The van der Waals surface area contributed by atoms with Crippen molar-refractivity contribution in [2.24, 2.45) is 5.92 Å². The summed E-state index contributed by atoms with van der Waals surface area (Å²) < 4.78 is 0. The zero-order chi connectivity index (χ0) is 12.1. The van der Waals surface area contributed by atoms with Crippen molar-refractivity contribution in [2.75, 3.05) is 13.1 Å². The van der Waals surface area contributed by atoms with E-state index < -0.39 is 0 Å². The average molecular weight is 233 g/mol. The Morgan fingerprint density at radius 1 is 1.65 bits per heavy atom. The van der Waals surface area contributed by atoms with Crippen LogP contribution in [0.3, 0.4) is 0 Å². The molecule has 4 heteroatoms. The van der Waals surface area contributed by atoms with Crippen molar-refractivity contribution in [1.82, 2.24) is 15.6 Å². The van der Waals surface area contributed by atoms with Crippen molar-refractivity contribution in [3.63, 3.8) is 0 Å². The minimum absolute atomic E-state index is 0.141. The quantitative estimate of drug-likeness (QED) is 0.816. The lowest BCUT2D eigenvalue weighted by molar-refractivity contribution is -0.122. The number of aryl methyl sites for hydroxylation is 1. The van der Waals surface area contributed by atoms with Gasteiger partial charge in [-0.1, -0.05) is 0 Å². The first-order valence-corrected chi connectivity index (χ1v) is 6.12. The van der Waals surface area contributed by atoms with E-state index in [2.05, 4.69) is 15.6 Å². The average Bonchev–Trinajstić information content (AvgIpc) is 2.81. The van der Waals surface area contributed by atoms with Gasteiger partial charge in [0.2, 0.25) is 5.91 Å². The van der Waals surface area contributed by atoms with Crippen molar-refractivity contribution >= 4 is 5.91 Å². The third kappa shape index (κ3) is 3.53. The minimum atomic E-state index is 0.141. The van der Waals surface area contributed by atoms with Crippen LogP contribution in [0.5, 0.6) is 0 Å². The molecule has 2 N–H and O–H groups in total.